The number of nitrogens with zero attached hydrogens (tertiary/aromatic N) is 2. The highest BCUT2D eigenvalue weighted by Gasteiger charge is 2.21. The summed E-state index contributed by atoms with van der Waals surface area (Å²) in [6.07, 6.45) is 1.92. The van der Waals surface area contributed by atoms with Crippen LogP contribution in [0.5, 0.6) is 0 Å². The number of nitrogens with one attached hydrogen (secondary N) is 1. The fourth-order valence-electron chi connectivity index (χ4n) is 1.68. The third kappa shape index (κ3) is 4.30. The van der Waals surface area contributed by atoms with Crippen molar-refractivity contribution in [1.29, 1.82) is 0 Å². The maximum atomic E-state index is 5.66. The summed E-state index contributed by atoms with van der Waals surface area (Å²) in [5, 5.41) is 7.24. The average molecular weight is 261 g/mol. The van der Waals surface area contributed by atoms with Crippen molar-refractivity contribution in [3.05, 3.63) is 17.5 Å². The molecule has 4 nitrogen and oxygen atoms in total. The second-order valence-electron chi connectivity index (χ2n) is 5.52. The van der Waals surface area contributed by atoms with Gasteiger partial charge in [-0.2, -0.15) is 5.10 Å². The average Bonchev–Trinajstić information content (AvgIpc) is 2.63. The zero-order chi connectivity index (χ0) is 12.3. The van der Waals surface area contributed by atoms with Crippen LogP contribution >= 0.6 is 12.4 Å². The zero-order valence-electron chi connectivity index (χ0n) is 11.4. The van der Waals surface area contributed by atoms with Gasteiger partial charge >= 0.3 is 0 Å². The molecule has 3 N–H and O–H groups in total. The first kappa shape index (κ1) is 16.4. The molecule has 0 saturated carbocycles. The molecule has 0 spiro atoms. The maximum Gasteiger partial charge on any atom is 0.0535 e. The molecule has 5 heteroatoms. The van der Waals surface area contributed by atoms with Crippen LogP contribution in [-0.4, -0.2) is 34.7 Å². The monoisotopic (exact) mass is 260 g/mol. The van der Waals surface area contributed by atoms with Crippen molar-refractivity contribution in [1.82, 2.24) is 15.1 Å². The van der Waals surface area contributed by atoms with Gasteiger partial charge in [-0.1, -0.05) is 20.8 Å². The van der Waals surface area contributed by atoms with Gasteiger partial charge in [0.15, 0.2) is 0 Å². The molecule has 0 aromatic carbocycles. The highest BCUT2D eigenvalue weighted by atomic mass is 35.5. The molecule has 0 aliphatic rings. The first-order valence-electron chi connectivity index (χ1n) is 5.79. The van der Waals surface area contributed by atoms with Gasteiger partial charge in [-0.15, -0.1) is 12.4 Å². The van der Waals surface area contributed by atoms with E-state index in [0.29, 0.717) is 12.6 Å². The molecule has 0 aliphatic carbocycles. The Morgan fingerprint density at radius 1 is 1.47 bits per heavy atom. The summed E-state index contributed by atoms with van der Waals surface area (Å²) in [5.74, 6) is 0. The Hall–Kier alpha value is -0.580. The quantitative estimate of drug-likeness (QED) is 0.870. The minimum atomic E-state index is 0. The third-order valence-corrected chi connectivity index (χ3v) is 2.98. The van der Waals surface area contributed by atoms with Crippen LogP contribution in [0.3, 0.4) is 0 Å². The number of aromatic amines is 1. The van der Waals surface area contributed by atoms with Gasteiger partial charge in [0, 0.05) is 35.8 Å². The maximum absolute atomic E-state index is 5.66. The molecule has 1 unspecified atom stereocenters. The number of hydrogen-bond donors (Lipinski definition) is 2. The van der Waals surface area contributed by atoms with E-state index in [9.17, 15) is 0 Å². The number of likely N-dealkylation sites (N-methyl/N-ethyl adjacent to an activating group) is 1. The van der Waals surface area contributed by atoms with Crippen molar-refractivity contribution in [2.75, 3.05) is 13.6 Å². The standard InChI is InChI=1S/C12H24N4.ClH/c1-9(6-13)16(5)8-10-7-14-15-11(10)12(2,3)4;/h7,9H,6,8,13H2,1-5H3,(H,14,15);1H. The van der Waals surface area contributed by atoms with Gasteiger partial charge in [-0.25, -0.2) is 0 Å². The largest absolute Gasteiger partial charge is 0.329 e. The summed E-state index contributed by atoms with van der Waals surface area (Å²) in [4.78, 5) is 2.25. The number of aromatic nitrogens is 2. The Bertz CT molecular complexity index is 329. The Labute approximate surface area is 110 Å². The highest BCUT2D eigenvalue weighted by Crippen LogP contribution is 2.24. The summed E-state index contributed by atoms with van der Waals surface area (Å²) in [5.41, 5.74) is 8.24. The van der Waals surface area contributed by atoms with E-state index >= 15 is 0 Å². The van der Waals surface area contributed by atoms with Crippen LogP contribution < -0.4 is 5.73 Å². The van der Waals surface area contributed by atoms with E-state index in [-0.39, 0.29) is 17.8 Å². The summed E-state index contributed by atoms with van der Waals surface area (Å²) < 4.78 is 0. The van der Waals surface area contributed by atoms with Crippen LogP contribution in [0, 0.1) is 0 Å². The van der Waals surface area contributed by atoms with Crippen LogP contribution in [0.25, 0.3) is 0 Å². The molecular weight excluding hydrogens is 236 g/mol. The molecule has 0 saturated heterocycles. The molecule has 0 fully saturated rings. The lowest BCUT2D eigenvalue weighted by atomic mass is 9.89. The summed E-state index contributed by atoms with van der Waals surface area (Å²) in [7, 11) is 2.09. The van der Waals surface area contributed by atoms with Crippen molar-refractivity contribution in [3.63, 3.8) is 0 Å². The van der Waals surface area contributed by atoms with Gasteiger partial charge in [0.25, 0.3) is 0 Å². The van der Waals surface area contributed by atoms with Gasteiger partial charge in [0.1, 0.15) is 0 Å². The third-order valence-electron chi connectivity index (χ3n) is 2.98. The lowest BCUT2D eigenvalue weighted by Gasteiger charge is -2.25. The molecule has 1 aromatic heterocycles. The van der Waals surface area contributed by atoms with E-state index in [0.717, 1.165) is 6.54 Å². The zero-order valence-corrected chi connectivity index (χ0v) is 12.3. The van der Waals surface area contributed by atoms with Crippen LogP contribution in [0.2, 0.25) is 0 Å². The summed E-state index contributed by atoms with van der Waals surface area (Å²) in [6.45, 7) is 10.3. The van der Waals surface area contributed by atoms with Crippen molar-refractivity contribution in [2.24, 2.45) is 5.73 Å². The molecular formula is C12H25ClN4. The van der Waals surface area contributed by atoms with Gasteiger partial charge in [0.2, 0.25) is 0 Å². The molecule has 1 heterocycles. The van der Waals surface area contributed by atoms with E-state index < -0.39 is 0 Å². The van der Waals surface area contributed by atoms with Crippen LogP contribution in [0.1, 0.15) is 39.0 Å². The van der Waals surface area contributed by atoms with Gasteiger partial charge in [-0.05, 0) is 14.0 Å². The summed E-state index contributed by atoms with van der Waals surface area (Å²) >= 11 is 0. The Kier molecular flexibility index (Phi) is 6.16. The predicted molar refractivity (Wildman–Crippen MR) is 74.5 cm³/mol. The molecule has 100 valence electrons. The van der Waals surface area contributed by atoms with Crippen molar-refractivity contribution in [3.8, 4) is 0 Å². The molecule has 1 aromatic rings. The second kappa shape index (κ2) is 6.38. The van der Waals surface area contributed by atoms with Crippen LogP contribution in [0.4, 0.5) is 0 Å². The molecule has 17 heavy (non-hydrogen) atoms. The van der Waals surface area contributed by atoms with E-state index in [4.69, 9.17) is 5.73 Å². The first-order chi connectivity index (χ1) is 7.36. The molecule has 0 amide bonds. The molecule has 0 radical (unpaired) electrons. The molecule has 1 rings (SSSR count). The number of halogens is 1. The predicted octanol–water partition coefficient (Wildman–Crippen LogP) is 1.91. The Morgan fingerprint density at radius 3 is 2.53 bits per heavy atom. The summed E-state index contributed by atoms with van der Waals surface area (Å²) in [6, 6.07) is 0.391. The van der Waals surface area contributed by atoms with Crippen LogP contribution in [-0.2, 0) is 12.0 Å². The number of nitrogens with two attached hydrogens (primary N) is 1. The molecule has 1 atom stereocenters. The first-order valence-corrected chi connectivity index (χ1v) is 5.79. The van der Waals surface area contributed by atoms with E-state index in [1.807, 2.05) is 6.20 Å². The van der Waals surface area contributed by atoms with E-state index in [1.165, 1.54) is 11.3 Å². The minimum Gasteiger partial charge on any atom is -0.329 e. The minimum absolute atomic E-state index is 0. The normalized spacial score (nSPS) is 13.6. The molecule has 0 bridgehead atoms. The fourth-order valence-corrected chi connectivity index (χ4v) is 1.68. The van der Waals surface area contributed by atoms with E-state index in [2.05, 4.69) is 49.8 Å². The number of H-pyrrole nitrogens is 1. The van der Waals surface area contributed by atoms with Gasteiger partial charge in [0.05, 0.1) is 6.20 Å². The fraction of sp³-hybridized carbons (Fsp3) is 0.750. The van der Waals surface area contributed by atoms with Crippen LogP contribution in [0.15, 0.2) is 6.20 Å². The Balaban J connectivity index is 0.00000256. The lowest BCUT2D eigenvalue weighted by molar-refractivity contribution is 0.253. The van der Waals surface area contributed by atoms with Crippen molar-refractivity contribution in [2.45, 2.75) is 45.7 Å². The number of rotatable bonds is 4. The smallest absolute Gasteiger partial charge is 0.0535 e. The lowest BCUT2D eigenvalue weighted by Crippen LogP contribution is -2.35. The topological polar surface area (TPSA) is 57.9 Å². The van der Waals surface area contributed by atoms with Crippen molar-refractivity contribution >= 4 is 12.4 Å². The molecule has 0 aliphatic heterocycles. The SMILES string of the molecule is CC(CN)N(C)Cc1cn[nH]c1C(C)(C)C.Cl. The second-order valence-corrected chi connectivity index (χ2v) is 5.52. The van der Waals surface area contributed by atoms with Crippen molar-refractivity contribution < 1.29 is 0 Å². The number of hydrogen-bond acceptors (Lipinski definition) is 3. The van der Waals surface area contributed by atoms with Gasteiger partial charge in [-0.3, -0.25) is 10.00 Å². The Morgan fingerprint density at radius 2 is 2.06 bits per heavy atom. The highest BCUT2D eigenvalue weighted by molar-refractivity contribution is 5.85. The van der Waals surface area contributed by atoms with E-state index in [1.54, 1.807) is 0 Å². The van der Waals surface area contributed by atoms with Gasteiger partial charge < -0.3 is 5.73 Å².